The van der Waals surface area contributed by atoms with Crippen molar-refractivity contribution >= 4 is 22.0 Å². The highest BCUT2D eigenvalue weighted by molar-refractivity contribution is 7.91. The number of carbonyl (C=O) groups excluding carboxylic acids is 2. The molecule has 0 bridgehead atoms. The summed E-state index contributed by atoms with van der Waals surface area (Å²) < 4.78 is 28.9. The Morgan fingerprint density at radius 2 is 2.00 bits per heavy atom. The fourth-order valence-electron chi connectivity index (χ4n) is 2.79. The van der Waals surface area contributed by atoms with Gasteiger partial charge in [-0.1, -0.05) is 0 Å². The number of H-pyrrole nitrogens is 1. The lowest BCUT2D eigenvalue weighted by molar-refractivity contribution is -0.144. The molecule has 0 radical (unpaired) electrons. The summed E-state index contributed by atoms with van der Waals surface area (Å²) in [5.74, 6) is -0.594. The van der Waals surface area contributed by atoms with E-state index in [4.69, 9.17) is 9.47 Å². The van der Waals surface area contributed by atoms with Gasteiger partial charge in [0.25, 0.3) is 5.56 Å². The Hall–Kier alpha value is -2.20. The van der Waals surface area contributed by atoms with Gasteiger partial charge in [0.15, 0.2) is 9.92 Å². The van der Waals surface area contributed by atoms with E-state index in [-0.39, 0.29) is 11.4 Å². The van der Waals surface area contributed by atoms with Crippen molar-refractivity contribution in [1.29, 1.82) is 0 Å². The van der Waals surface area contributed by atoms with Crippen LogP contribution in [0.25, 0.3) is 0 Å². The third-order valence-electron chi connectivity index (χ3n) is 3.89. The normalized spacial score (nSPS) is 20.0. The van der Waals surface area contributed by atoms with Crippen molar-refractivity contribution in [3.63, 3.8) is 0 Å². The lowest BCUT2D eigenvalue weighted by atomic mass is 10.2. The van der Waals surface area contributed by atoms with E-state index in [1.165, 1.54) is 17.5 Å². The summed E-state index contributed by atoms with van der Waals surface area (Å²) in [5, 5.41) is 0. The first kappa shape index (κ1) is 21.1. The van der Waals surface area contributed by atoms with Crippen molar-refractivity contribution in [3.05, 3.63) is 28.2 Å². The Labute approximate surface area is 158 Å². The molecule has 1 fully saturated rings. The van der Waals surface area contributed by atoms with Crippen molar-refractivity contribution < 1.29 is 23.3 Å². The Morgan fingerprint density at radius 3 is 2.56 bits per heavy atom. The zero-order valence-corrected chi connectivity index (χ0v) is 16.9. The second kappa shape index (κ2) is 7.81. The number of hydrogen-bond acceptors (Lipinski definition) is 6. The summed E-state index contributed by atoms with van der Waals surface area (Å²) in [5.41, 5.74) is -0.926. The topological polar surface area (TPSA) is 118 Å². The number of esters is 1. The minimum Gasteiger partial charge on any atom is -0.468 e. The molecule has 0 unspecified atom stereocenters. The number of nitrogens with zero attached hydrogens (tertiary/aromatic N) is 2. The molecular formula is C17H25N3O6S. The fourth-order valence-corrected chi connectivity index (χ4v) is 4.93. The van der Waals surface area contributed by atoms with Gasteiger partial charge in [0.2, 0.25) is 0 Å². The molecule has 9 nitrogen and oxygen atoms in total. The third-order valence-corrected chi connectivity index (χ3v) is 6.26. The summed E-state index contributed by atoms with van der Waals surface area (Å²) in [6.07, 6.45) is -0.135. The number of nitrogens with one attached hydrogen (secondary N) is 1. The number of rotatable bonds is 3. The molecule has 1 amide bonds. The SMILES string of the molecule is COC(=O)[C@@H]1CCCN1[S@@](=O)(=NC(=O)OC(C)(C)C)c1ccc(C)[nH]c1=O. The van der Waals surface area contributed by atoms with Crippen LogP contribution in [-0.4, -0.2) is 50.9 Å². The van der Waals surface area contributed by atoms with Crippen LogP contribution in [0.3, 0.4) is 0 Å². The van der Waals surface area contributed by atoms with Crippen LogP contribution in [0, 0.1) is 6.92 Å². The molecule has 27 heavy (non-hydrogen) atoms. The summed E-state index contributed by atoms with van der Waals surface area (Å²) >= 11 is 0. The molecule has 0 aliphatic carbocycles. The predicted octanol–water partition coefficient (Wildman–Crippen LogP) is 2.00. The zero-order valence-electron chi connectivity index (χ0n) is 16.1. The monoisotopic (exact) mass is 399 g/mol. The van der Waals surface area contributed by atoms with Gasteiger partial charge in [0.05, 0.1) is 7.11 Å². The van der Waals surface area contributed by atoms with Crippen LogP contribution in [0.4, 0.5) is 4.79 Å². The smallest absolute Gasteiger partial charge is 0.443 e. The first-order valence-electron chi connectivity index (χ1n) is 8.52. The predicted molar refractivity (Wildman–Crippen MR) is 98.6 cm³/mol. The molecule has 1 aromatic heterocycles. The molecule has 0 saturated carbocycles. The van der Waals surface area contributed by atoms with Crippen LogP contribution in [0.15, 0.2) is 26.2 Å². The van der Waals surface area contributed by atoms with Gasteiger partial charge in [-0.15, -0.1) is 4.36 Å². The second-order valence-corrected chi connectivity index (χ2v) is 9.31. The Kier molecular flexibility index (Phi) is 6.10. The van der Waals surface area contributed by atoms with Crippen molar-refractivity contribution in [2.75, 3.05) is 13.7 Å². The molecule has 1 N–H and O–H groups in total. The van der Waals surface area contributed by atoms with Gasteiger partial charge >= 0.3 is 12.1 Å². The molecule has 150 valence electrons. The van der Waals surface area contributed by atoms with Gasteiger partial charge in [-0.25, -0.2) is 9.00 Å². The van der Waals surface area contributed by atoms with Crippen LogP contribution in [0.1, 0.15) is 39.3 Å². The molecular weight excluding hydrogens is 374 g/mol. The van der Waals surface area contributed by atoms with Crippen LogP contribution >= 0.6 is 0 Å². The number of carbonyl (C=O) groups is 2. The van der Waals surface area contributed by atoms with Crippen molar-refractivity contribution in [2.24, 2.45) is 4.36 Å². The summed E-state index contributed by atoms with van der Waals surface area (Å²) in [6.45, 7) is 6.83. The number of pyridine rings is 1. The number of aromatic nitrogens is 1. The maximum Gasteiger partial charge on any atom is 0.443 e. The average molecular weight is 399 g/mol. The lowest BCUT2D eigenvalue weighted by Crippen LogP contribution is -2.43. The number of methoxy groups -OCH3 is 1. The molecule has 1 aliphatic rings. The lowest BCUT2D eigenvalue weighted by Gasteiger charge is -2.26. The quantitative estimate of drug-likeness (QED) is 0.777. The van der Waals surface area contributed by atoms with Gasteiger partial charge in [0.1, 0.15) is 16.5 Å². The first-order chi connectivity index (χ1) is 12.5. The van der Waals surface area contributed by atoms with Crippen molar-refractivity contribution in [1.82, 2.24) is 9.29 Å². The average Bonchev–Trinajstić information content (AvgIpc) is 3.02. The molecule has 0 aromatic carbocycles. The van der Waals surface area contributed by atoms with E-state index in [0.29, 0.717) is 18.5 Å². The number of ether oxygens (including phenoxy) is 2. The third kappa shape index (κ3) is 4.75. The maximum absolute atomic E-state index is 13.9. The van der Waals surface area contributed by atoms with E-state index in [9.17, 15) is 18.6 Å². The van der Waals surface area contributed by atoms with E-state index in [2.05, 4.69) is 9.35 Å². The molecule has 2 rings (SSSR count). The largest absolute Gasteiger partial charge is 0.468 e. The fraction of sp³-hybridized carbons (Fsp3) is 0.588. The molecule has 2 heterocycles. The standard InChI is InChI=1S/C17H25N3O6S/c1-11-8-9-13(14(21)18-11)27(24,19-16(23)26-17(2,3)4)20-10-6-7-12(20)15(22)25-5/h8-9,12H,6-7,10H2,1-5H3,(H,18,21)/t12-,27-/m0/s1. The molecule has 1 saturated heterocycles. The van der Waals surface area contributed by atoms with Crippen LogP contribution < -0.4 is 5.56 Å². The molecule has 1 aromatic rings. The van der Waals surface area contributed by atoms with Gasteiger partial charge < -0.3 is 14.5 Å². The van der Waals surface area contributed by atoms with Gasteiger partial charge in [0, 0.05) is 12.2 Å². The highest BCUT2D eigenvalue weighted by Gasteiger charge is 2.41. The Balaban J connectivity index is 2.65. The van der Waals surface area contributed by atoms with Crippen molar-refractivity contribution in [3.8, 4) is 0 Å². The van der Waals surface area contributed by atoms with E-state index in [1.54, 1.807) is 33.8 Å². The number of amides is 1. The van der Waals surface area contributed by atoms with Crippen LogP contribution in [0.2, 0.25) is 0 Å². The van der Waals surface area contributed by atoms with Crippen LogP contribution in [-0.2, 0) is 24.2 Å². The molecule has 2 atom stereocenters. The zero-order chi connectivity index (χ0) is 20.4. The molecule has 0 spiro atoms. The van der Waals surface area contributed by atoms with Crippen molar-refractivity contribution in [2.45, 2.75) is 57.1 Å². The van der Waals surface area contributed by atoms with Gasteiger partial charge in [-0.2, -0.15) is 4.31 Å². The summed E-state index contributed by atoms with van der Waals surface area (Å²) in [6, 6.07) is 2.05. The minimum absolute atomic E-state index is 0.199. The second-order valence-electron chi connectivity index (χ2n) is 7.22. The van der Waals surface area contributed by atoms with Gasteiger partial charge in [-0.05, 0) is 52.7 Å². The molecule has 10 heteroatoms. The minimum atomic E-state index is -3.73. The van der Waals surface area contributed by atoms with E-state index in [1.807, 2.05) is 0 Å². The van der Waals surface area contributed by atoms with Crippen LogP contribution in [0.5, 0.6) is 0 Å². The van der Waals surface area contributed by atoms with E-state index < -0.39 is 39.2 Å². The number of hydrogen-bond donors (Lipinski definition) is 1. The highest BCUT2D eigenvalue weighted by atomic mass is 32.2. The first-order valence-corrected chi connectivity index (χ1v) is 10.00. The number of aryl methyl sites for hydroxylation is 1. The summed E-state index contributed by atoms with van der Waals surface area (Å²) in [4.78, 5) is 39.3. The van der Waals surface area contributed by atoms with Gasteiger partial charge in [-0.3, -0.25) is 9.59 Å². The van der Waals surface area contributed by atoms with E-state index >= 15 is 0 Å². The summed E-state index contributed by atoms with van der Waals surface area (Å²) in [7, 11) is -2.50. The Morgan fingerprint density at radius 1 is 1.33 bits per heavy atom. The molecule has 1 aliphatic heterocycles. The highest BCUT2D eigenvalue weighted by Crippen LogP contribution is 2.28. The maximum atomic E-state index is 13.9. The Bertz CT molecular complexity index is 908. The number of aromatic amines is 1. The van der Waals surface area contributed by atoms with E-state index in [0.717, 1.165) is 0 Å².